The molecule has 1 N–H and O–H groups in total. The SMILES string of the molecule is FC(F)(F)COCCc1nnc(CNC2CC2)o1. The zero-order chi connectivity index (χ0) is 13.0. The van der Waals surface area contributed by atoms with E-state index in [2.05, 4.69) is 20.3 Å². The largest absolute Gasteiger partial charge is 0.424 e. The third-order valence-corrected chi connectivity index (χ3v) is 2.35. The lowest BCUT2D eigenvalue weighted by Gasteiger charge is -2.05. The highest BCUT2D eigenvalue weighted by Gasteiger charge is 2.27. The maximum atomic E-state index is 11.8. The Kier molecular flexibility index (Phi) is 4.18. The molecule has 0 saturated heterocycles. The quantitative estimate of drug-likeness (QED) is 0.756. The van der Waals surface area contributed by atoms with Crippen molar-refractivity contribution in [3.8, 4) is 0 Å². The van der Waals surface area contributed by atoms with Gasteiger partial charge in [0.25, 0.3) is 0 Å². The van der Waals surface area contributed by atoms with Gasteiger partial charge >= 0.3 is 6.18 Å². The van der Waals surface area contributed by atoms with E-state index < -0.39 is 12.8 Å². The molecule has 18 heavy (non-hydrogen) atoms. The van der Waals surface area contributed by atoms with Crippen LogP contribution in [-0.2, 0) is 17.7 Å². The molecule has 8 heteroatoms. The van der Waals surface area contributed by atoms with E-state index >= 15 is 0 Å². The fourth-order valence-corrected chi connectivity index (χ4v) is 1.33. The van der Waals surface area contributed by atoms with Gasteiger partial charge in [-0.2, -0.15) is 13.2 Å². The van der Waals surface area contributed by atoms with Gasteiger partial charge in [-0.25, -0.2) is 0 Å². The highest BCUT2D eigenvalue weighted by molar-refractivity contribution is 4.86. The Balaban J connectivity index is 1.63. The number of ether oxygens (including phenoxy) is 1. The van der Waals surface area contributed by atoms with Gasteiger partial charge in [0.05, 0.1) is 13.2 Å². The van der Waals surface area contributed by atoms with Gasteiger partial charge in [0, 0.05) is 12.5 Å². The van der Waals surface area contributed by atoms with Crippen molar-refractivity contribution in [1.82, 2.24) is 15.5 Å². The number of hydrogen-bond donors (Lipinski definition) is 1. The molecule has 0 radical (unpaired) electrons. The minimum Gasteiger partial charge on any atom is -0.424 e. The predicted octanol–water partition coefficient (Wildman–Crippen LogP) is 1.44. The maximum Gasteiger partial charge on any atom is 0.411 e. The van der Waals surface area contributed by atoms with Gasteiger partial charge in [-0.15, -0.1) is 10.2 Å². The van der Waals surface area contributed by atoms with E-state index in [1.54, 1.807) is 0 Å². The lowest BCUT2D eigenvalue weighted by Crippen LogP contribution is -2.18. The summed E-state index contributed by atoms with van der Waals surface area (Å²) in [7, 11) is 0. The van der Waals surface area contributed by atoms with E-state index in [0.717, 1.165) is 12.8 Å². The van der Waals surface area contributed by atoms with Crippen molar-refractivity contribution in [1.29, 1.82) is 0 Å². The van der Waals surface area contributed by atoms with Crippen molar-refractivity contribution in [2.45, 2.75) is 38.0 Å². The van der Waals surface area contributed by atoms with Crippen LogP contribution >= 0.6 is 0 Å². The number of halogens is 3. The van der Waals surface area contributed by atoms with Crippen LogP contribution in [0.15, 0.2) is 4.42 Å². The number of aromatic nitrogens is 2. The molecule has 5 nitrogen and oxygen atoms in total. The van der Waals surface area contributed by atoms with Crippen LogP contribution in [-0.4, -0.2) is 35.6 Å². The summed E-state index contributed by atoms with van der Waals surface area (Å²) in [4.78, 5) is 0. The average Bonchev–Trinajstić information content (AvgIpc) is 3.00. The first kappa shape index (κ1) is 13.3. The second-order valence-electron chi connectivity index (χ2n) is 4.16. The van der Waals surface area contributed by atoms with Crippen LogP contribution in [0.5, 0.6) is 0 Å². The van der Waals surface area contributed by atoms with Crippen LogP contribution in [0.4, 0.5) is 13.2 Å². The van der Waals surface area contributed by atoms with Crippen molar-refractivity contribution >= 4 is 0 Å². The summed E-state index contributed by atoms with van der Waals surface area (Å²) in [5, 5.41) is 10.7. The summed E-state index contributed by atoms with van der Waals surface area (Å²) in [5.41, 5.74) is 0. The third-order valence-electron chi connectivity index (χ3n) is 2.35. The molecular formula is C10H14F3N3O2. The lowest BCUT2D eigenvalue weighted by molar-refractivity contribution is -0.173. The summed E-state index contributed by atoms with van der Waals surface area (Å²) in [6, 6.07) is 0.537. The molecule has 102 valence electrons. The van der Waals surface area contributed by atoms with Crippen molar-refractivity contribution in [2.75, 3.05) is 13.2 Å². The minimum absolute atomic E-state index is 0.0861. The van der Waals surface area contributed by atoms with E-state index in [1.165, 1.54) is 0 Å². The van der Waals surface area contributed by atoms with E-state index in [9.17, 15) is 13.2 Å². The highest BCUT2D eigenvalue weighted by atomic mass is 19.4. The normalized spacial score (nSPS) is 16.2. The Morgan fingerprint density at radius 3 is 2.67 bits per heavy atom. The standard InChI is InChI=1S/C10H14F3N3O2/c11-10(12,13)6-17-4-3-8-15-16-9(18-8)5-14-7-1-2-7/h7,14H,1-6H2. The zero-order valence-corrected chi connectivity index (χ0v) is 9.66. The van der Waals surface area contributed by atoms with Crippen LogP contribution < -0.4 is 5.32 Å². The third kappa shape index (κ3) is 5.01. The smallest absolute Gasteiger partial charge is 0.411 e. The molecule has 1 saturated carbocycles. The topological polar surface area (TPSA) is 60.2 Å². The number of hydrogen-bond acceptors (Lipinski definition) is 5. The van der Waals surface area contributed by atoms with Crippen LogP contribution in [0.2, 0.25) is 0 Å². The highest BCUT2D eigenvalue weighted by Crippen LogP contribution is 2.19. The van der Waals surface area contributed by atoms with Gasteiger partial charge in [-0.1, -0.05) is 0 Å². The van der Waals surface area contributed by atoms with Crippen LogP contribution in [0.25, 0.3) is 0 Å². The zero-order valence-electron chi connectivity index (χ0n) is 9.66. The van der Waals surface area contributed by atoms with E-state index in [0.29, 0.717) is 24.4 Å². The van der Waals surface area contributed by atoms with Crippen LogP contribution in [0.1, 0.15) is 24.6 Å². The molecular weight excluding hydrogens is 251 g/mol. The molecule has 0 aliphatic heterocycles. The van der Waals surface area contributed by atoms with Crippen molar-refractivity contribution < 1.29 is 22.3 Å². The minimum atomic E-state index is -4.30. The molecule has 0 bridgehead atoms. The molecule has 1 aromatic rings. The number of nitrogens with zero attached hydrogens (tertiary/aromatic N) is 2. The molecule has 1 aliphatic carbocycles. The fraction of sp³-hybridized carbons (Fsp3) is 0.800. The van der Waals surface area contributed by atoms with Gasteiger partial charge in [0.1, 0.15) is 6.61 Å². The number of alkyl halides is 3. The fourth-order valence-electron chi connectivity index (χ4n) is 1.33. The average molecular weight is 265 g/mol. The second kappa shape index (κ2) is 5.66. The van der Waals surface area contributed by atoms with Gasteiger partial charge in [0.15, 0.2) is 0 Å². The maximum absolute atomic E-state index is 11.8. The summed E-state index contributed by atoms with van der Waals surface area (Å²) in [6.45, 7) is -0.838. The van der Waals surface area contributed by atoms with Gasteiger partial charge < -0.3 is 14.5 Å². The second-order valence-corrected chi connectivity index (χ2v) is 4.16. The molecule has 0 atom stereocenters. The van der Waals surface area contributed by atoms with Crippen molar-refractivity contribution in [2.24, 2.45) is 0 Å². The molecule has 0 unspecified atom stereocenters. The summed E-state index contributed by atoms with van der Waals surface area (Å²) >= 11 is 0. The Hall–Kier alpha value is -1.15. The Morgan fingerprint density at radius 2 is 2.00 bits per heavy atom. The van der Waals surface area contributed by atoms with Crippen LogP contribution in [0, 0.1) is 0 Å². The molecule has 1 aromatic heterocycles. The monoisotopic (exact) mass is 265 g/mol. The van der Waals surface area contributed by atoms with Crippen molar-refractivity contribution in [3.05, 3.63) is 11.8 Å². The van der Waals surface area contributed by atoms with E-state index in [4.69, 9.17) is 4.42 Å². The molecule has 2 rings (SSSR count). The van der Waals surface area contributed by atoms with Crippen molar-refractivity contribution in [3.63, 3.8) is 0 Å². The summed E-state index contributed by atoms with van der Waals surface area (Å²) in [5.74, 6) is 0.748. The van der Waals surface area contributed by atoms with Gasteiger partial charge in [-0.05, 0) is 12.8 Å². The van der Waals surface area contributed by atoms with E-state index in [-0.39, 0.29) is 13.0 Å². The van der Waals surface area contributed by atoms with Crippen LogP contribution in [0.3, 0.4) is 0 Å². The summed E-state index contributed by atoms with van der Waals surface area (Å²) in [6.07, 6.45) is -1.79. The van der Waals surface area contributed by atoms with E-state index in [1.807, 2.05) is 0 Å². The molecule has 1 heterocycles. The predicted molar refractivity (Wildman–Crippen MR) is 54.7 cm³/mol. The Labute approximate surface area is 102 Å². The first-order valence-electron chi connectivity index (χ1n) is 5.72. The Bertz CT molecular complexity index is 377. The Morgan fingerprint density at radius 1 is 1.28 bits per heavy atom. The molecule has 0 spiro atoms. The number of rotatable bonds is 7. The molecule has 0 aromatic carbocycles. The molecule has 0 amide bonds. The molecule has 1 fully saturated rings. The first-order chi connectivity index (χ1) is 8.53. The number of nitrogens with one attached hydrogen (secondary N) is 1. The van der Waals surface area contributed by atoms with Gasteiger partial charge in [0.2, 0.25) is 11.8 Å². The summed E-state index contributed by atoms with van der Waals surface area (Å²) < 4.78 is 45.0. The lowest BCUT2D eigenvalue weighted by atomic mass is 10.4. The first-order valence-corrected chi connectivity index (χ1v) is 5.72. The molecule has 1 aliphatic rings. The van der Waals surface area contributed by atoms with Gasteiger partial charge in [-0.3, -0.25) is 0 Å².